The lowest BCUT2D eigenvalue weighted by Gasteiger charge is -2.18. The number of hydrogen-bond acceptors (Lipinski definition) is 6. The summed E-state index contributed by atoms with van der Waals surface area (Å²) < 4.78 is 1.68. The number of nitrogen functional groups attached to an aromatic ring is 1. The first-order valence-corrected chi connectivity index (χ1v) is 6.35. The van der Waals surface area contributed by atoms with Crippen LogP contribution in [0.15, 0.2) is 6.07 Å². The van der Waals surface area contributed by atoms with E-state index in [1.54, 1.807) is 4.68 Å². The van der Waals surface area contributed by atoms with Gasteiger partial charge in [0.15, 0.2) is 0 Å². The van der Waals surface area contributed by atoms with Crippen molar-refractivity contribution in [1.29, 1.82) is 0 Å². The molecule has 7 heteroatoms. The Balaban J connectivity index is 2.50. The molecule has 0 fully saturated rings. The van der Waals surface area contributed by atoms with Crippen LogP contribution in [0.5, 0.6) is 0 Å². The minimum Gasteiger partial charge on any atom is -0.368 e. The van der Waals surface area contributed by atoms with Crippen molar-refractivity contribution in [3.05, 3.63) is 17.5 Å². The van der Waals surface area contributed by atoms with Crippen molar-refractivity contribution < 1.29 is 0 Å². The maximum Gasteiger partial charge on any atom is 0.257 e. The maximum absolute atomic E-state index is 5.77. The second-order valence-corrected chi connectivity index (χ2v) is 4.30. The highest BCUT2D eigenvalue weighted by atomic mass is 15.4. The summed E-state index contributed by atoms with van der Waals surface area (Å²) in [4.78, 5) is 14.8. The van der Waals surface area contributed by atoms with E-state index in [9.17, 15) is 0 Å². The topological polar surface area (TPSA) is 85.8 Å². The molecule has 2 aromatic heterocycles. The third-order valence-electron chi connectivity index (χ3n) is 2.87. The predicted molar refractivity (Wildman–Crippen MR) is 74.4 cm³/mol. The fraction of sp³-hybridized carbons (Fsp3) is 0.500. The van der Waals surface area contributed by atoms with Crippen LogP contribution in [-0.4, -0.2) is 37.8 Å². The van der Waals surface area contributed by atoms with Gasteiger partial charge in [-0.15, -0.1) is 0 Å². The smallest absolute Gasteiger partial charge is 0.257 e. The standard InChI is InChI=1S/C12H19N7/c1-5-18(6-2)11-14-10(13)15-12(16-11)19-9(4)7-8(3)17-19/h7H,5-6H2,1-4H3,(H2,13,14,15,16). The summed E-state index contributed by atoms with van der Waals surface area (Å²) in [7, 11) is 0. The molecule has 0 saturated carbocycles. The Morgan fingerprint density at radius 2 is 1.84 bits per heavy atom. The van der Waals surface area contributed by atoms with E-state index in [0.29, 0.717) is 11.9 Å². The van der Waals surface area contributed by atoms with Crippen molar-refractivity contribution >= 4 is 11.9 Å². The molecule has 0 saturated heterocycles. The molecular weight excluding hydrogens is 242 g/mol. The van der Waals surface area contributed by atoms with E-state index < -0.39 is 0 Å². The number of nitrogens with two attached hydrogens (primary N) is 1. The molecule has 2 N–H and O–H groups in total. The summed E-state index contributed by atoms with van der Waals surface area (Å²) in [6, 6.07) is 1.97. The van der Waals surface area contributed by atoms with Gasteiger partial charge in [0, 0.05) is 18.8 Å². The molecule has 19 heavy (non-hydrogen) atoms. The zero-order valence-electron chi connectivity index (χ0n) is 11.8. The van der Waals surface area contributed by atoms with Crippen LogP contribution in [0.25, 0.3) is 5.95 Å². The maximum atomic E-state index is 5.77. The molecule has 0 aliphatic rings. The molecule has 0 amide bonds. The lowest BCUT2D eigenvalue weighted by atomic mass is 10.4. The molecule has 0 unspecified atom stereocenters. The molecule has 0 aromatic carbocycles. The summed E-state index contributed by atoms with van der Waals surface area (Å²) in [6.45, 7) is 9.61. The van der Waals surface area contributed by atoms with Gasteiger partial charge in [-0.25, -0.2) is 4.68 Å². The Labute approximate surface area is 112 Å². The molecule has 0 aliphatic heterocycles. The zero-order valence-corrected chi connectivity index (χ0v) is 11.8. The highest BCUT2D eigenvalue weighted by molar-refractivity contribution is 5.38. The van der Waals surface area contributed by atoms with Crippen molar-refractivity contribution in [2.75, 3.05) is 23.7 Å². The molecule has 0 spiro atoms. The quantitative estimate of drug-likeness (QED) is 0.887. The van der Waals surface area contributed by atoms with E-state index in [1.807, 2.05) is 38.7 Å². The normalized spacial score (nSPS) is 10.7. The van der Waals surface area contributed by atoms with Gasteiger partial charge in [0.05, 0.1) is 5.69 Å². The van der Waals surface area contributed by atoms with Crippen LogP contribution in [0, 0.1) is 13.8 Å². The summed E-state index contributed by atoms with van der Waals surface area (Å²) in [5.41, 5.74) is 7.65. The number of hydrogen-bond donors (Lipinski definition) is 1. The SMILES string of the molecule is CCN(CC)c1nc(N)nc(-n2nc(C)cc2C)n1. The van der Waals surface area contributed by atoms with Crippen LogP contribution in [0.2, 0.25) is 0 Å². The molecule has 0 aliphatic carbocycles. The highest BCUT2D eigenvalue weighted by Crippen LogP contribution is 2.13. The third-order valence-corrected chi connectivity index (χ3v) is 2.87. The Bertz CT molecular complexity index is 571. The van der Waals surface area contributed by atoms with Crippen molar-refractivity contribution in [3.8, 4) is 5.95 Å². The van der Waals surface area contributed by atoms with Crippen molar-refractivity contribution in [2.45, 2.75) is 27.7 Å². The average molecular weight is 261 g/mol. The fourth-order valence-electron chi connectivity index (χ4n) is 1.94. The largest absolute Gasteiger partial charge is 0.368 e. The monoisotopic (exact) mass is 261 g/mol. The van der Waals surface area contributed by atoms with Crippen LogP contribution in [0.4, 0.5) is 11.9 Å². The van der Waals surface area contributed by atoms with Gasteiger partial charge in [0.1, 0.15) is 0 Å². The van der Waals surface area contributed by atoms with Gasteiger partial charge in [-0.2, -0.15) is 20.1 Å². The van der Waals surface area contributed by atoms with Crippen molar-refractivity contribution in [2.24, 2.45) is 0 Å². The minimum absolute atomic E-state index is 0.208. The number of aromatic nitrogens is 5. The molecule has 102 valence electrons. The second kappa shape index (κ2) is 5.21. The predicted octanol–water partition coefficient (Wildman–Crippen LogP) is 1.10. The summed E-state index contributed by atoms with van der Waals surface area (Å²) in [6.07, 6.45) is 0. The molecule has 0 radical (unpaired) electrons. The average Bonchev–Trinajstić information content (AvgIpc) is 2.69. The number of rotatable bonds is 4. The first-order chi connectivity index (χ1) is 9.05. The van der Waals surface area contributed by atoms with Gasteiger partial charge in [-0.05, 0) is 33.8 Å². The first-order valence-electron chi connectivity index (χ1n) is 6.35. The van der Waals surface area contributed by atoms with Gasteiger partial charge >= 0.3 is 0 Å². The van der Waals surface area contributed by atoms with Gasteiger partial charge in [0.2, 0.25) is 11.9 Å². The first kappa shape index (κ1) is 13.3. The van der Waals surface area contributed by atoms with Crippen LogP contribution in [0.3, 0.4) is 0 Å². The Hall–Kier alpha value is -2.18. The van der Waals surface area contributed by atoms with Gasteiger partial charge in [-0.1, -0.05) is 0 Å². The Morgan fingerprint density at radius 1 is 1.16 bits per heavy atom. The van der Waals surface area contributed by atoms with E-state index in [-0.39, 0.29) is 5.95 Å². The zero-order chi connectivity index (χ0) is 14.0. The van der Waals surface area contributed by atoms with E-state index in [2.05, 4.69) is 20.1 Å². The number of anilines is 2. The molecule has 2 heterocycles. The third kappa shape index (κ3) is 2.64. The van der Waals surface area contributed by atoms with E-state index in [4.69, 9.17) is 5.73 Å². The van der Waals surface area contributed by atoms with Crippen LogP contribution in [-0.2, 0) is 0 Å². The highest BCUT2D eigenvalue weighted by Gasteiger charge is 2.13. The number of aryl methyl sites for hydroxylation is 2. The number of nitrogens with zero attached hydrogens (tertiary/aromatic N) is 6. The summed E-state index contributed by atoms with van der Waals surface area (Å²) in [5, 5.41) is 4.36. The molecule has 0 atom stereocenters. The van der Waals surface area contributed by atoms with Crippen LogP contribution in [0.1, 0.15) is 25.2 Å². The van der Waals surface area contributed by atoms with Crippen LogP contribution >= 0.6 is 0 Å². The van der Waals surface area contributed by atoms with E-state index >= 15 is 0 Å². The lowest BCUT2D eigenvalue weighted by molar-refractivity contribution is 0.746. The van der Waals surface area contributed by atoms with E-state index in [1.165, 1.54) is 0 Å². The molecular formula is C12H19N7. The lowest BCUT2D eigenvalue weighted by Crippen LogP contribution is -2.25. The van der Waals surface area contributed by atoms with E-state index in [0.717, 1.165) is 24.5 Å². The van der Waals surface area contributed by atoms with Gasteiger partial charge in [-0.3, -0.25) is 0 Å². The molecule has 2 aromatic rings. The summed E-state index contributed by atoms with van der Waals surface area (Å²) in [5.74, 6) is 1.25. The fourth-order valence-corrected chi connectivity index (χ4v) is 1.94. The summed E-state index contributed by atoms with van der Waals surface area (Å²) >= 11 is 0. The van der Waals surface area contributed by atoms with Crippen LogP contribution < -0.4 is 10.6 Å². The van der Waals surface area contributed by atoms with Gasteiger partial charge < -0.3 is 10.6 Å². The minimum atomic E-state index is 0.208. The Kier molecular flexibility index (Phi) is 3.64. The van der Waals surface area contributed by atoms with Gasteiger partial charge in [0.25, 0.3) is 5.95 Å². The van der Waals surface area contributed by atoms with Crippen molar-refractivity contribution in [3.63, 3.8) is 0 Å². The van der Waals surface area contributed by atoms with Crippen molar-refractivity contribution in [1.82, 2.24) is 24.7 Å². The molecule has 2 rings (SSSR count). The molecule has 7 nitrogen and oxygen atoms in total. The Morgan fingerprint density at radius 3 is 2.37 bits per heavy atom. The second-order valence-electron chi connectivity index (χ2n) is 4.30. The molecule has 0 bridgehead atoms.